The minimum Gasteiger partial charge on any atom is -0.489 e. The second-order valence-electron chi connectivity index (χ2n) is 7.72. The largest absolute Gasteiger partial charge is 0.489 e. The van der Waals surface area contributed by atoms with Gasteiger partial charge in [-0.05, 0) is 35.4 Å². The summed E-state index contributed by atoms with van der Waals surface area (Å²) < 4.78 is 11.6. The van der Waals surface area contributed by atoms with Crippen molar-refractivity contribution in [3.8, 4) is 5.75 Å². The molecule has 1 aliphatic heterocycles. The molecule has 0 aromatic heterocycles. The van der Waals surface area contributed by atoms with Crippen LogP contribution in [0.25, 0.3) is 0 Å². The number of nitrogens with zero attached hydrogens (tertiary/aromatic N) is 1. The third kappa shape index (κ3) is 6.41. The normalized spacial score (nSPS) is 16.6. The van der Waals surface area contributed by atoms with Crippen molar-refractivity contribution in [2.45, 2.75) is 19.3 Å². The fourth-order valence-electron chi connectivity index (χ4n) is 3.63. The molecule has 4 rings (SSSR count). The number of amides is 1. The van der Waals surface area contributed by atoms with Crippen LogP contribution in [0.15, 0.2) is 84.9 Å². The summed E-state index contributed by atoms with van der Waals surface area (Å²) in [6, 6.07) is 27.7. The van der Waals surface area contributed by atoms with Crippen molar-refractivity contribution in [2.75, 3.05) is 26.2 Å². The van der Waals surface area contributed by atoms with Crippen LogP contribution in [0.5, 0.6) is 5.75 Å². The van der Waals surface area contributed by atoms with Gasteiger partial charge in [-0.3, -0.25) is 9.69 Å². The van der Waals surface area contributed by atoms with E-state index in [1.54, 1.807) is 0 Å². The van der Waals surface area contributed by atoms with Gasteiger partial charge in [0.15, 0.2) is 0 Å². The molecule has 3 aromatic rings. The molecule has 1 saturated heterocycles. The Kier molecular flexibility index (Phi) is 7.32. The first-order chi connectivity index (χ1) is 15.3. The summed E-state index contributed by atoms with van der Waals surface area (Å²) in [5, 5.41) is 3.01. The SMILES string of the molecule is O=C(NCC1CN(Cc2ccccc2)CCO1)c1ccc(COc2ccccc2)cc1. The zero-order chi connectivity index (χ0) is 21.3. The van der Waals surface area contributed by atoms with Crippen molar-refractivity contribution in [3.63, 3.8) is 0 Å². The highest BCUT2D eigenvalue weighted by Crippen LogP contribution is 2.13. The Labute approximate surface area is 183 Å². The molecule has 0 aliphatic carbocycles. The molecule has 0 spiro atoms. The van der Waals surface area contributed by atoms with E-state index >= 15 is 0 Å². The average molecular weight is 417 g/mol. The number of rotatable bonds is 8. The van der Waals surface area contributed by atoms with Crippen LogP contribution in [0, 0.1) is 0 Å². The van der Waals surface area contributed by atoms with Gasteiger partial charge in [-0.1, -0.05) is 60.7 Å². The quantitative estimate of drug-likeness (QED) is 0.605. The number of benzene rings is 3. The number of para-hydroxylation sites is 1. The van der Waals surface area contributed by atoms with Gasteiger partial charge in [-0.15, -0.1) is 0 Å². The predicted octanol–water partition coefficient (Wildman–Crippen LogP) is 3.90. The highest BCUT2D eigenvalue weighted by molar-refractivity contribution is 5.94. The fourth-order valence-corrected chi connectivity index (χ4v) is 3.63. The molecule has 160 valence electrons. The molecule has 1 fully saturated rings. The lowest BCUT2D eigenvalue weighted by Crippen LogP contribution is -2.47. The van der Waals surface area contributed by atoms with Gasteiger partial charge in [0, 0.05) is 31.7 Å². The molecule has 1 amide bonds. The van der Waals surface area contributed by atoms with Crippen molar-refractivity contribution < 1.29 is 14.3 Å². The van der Waals surface area contributed by atoms with Crippen LogP contribution in [0.4, 0.5) is 0 Å². The van der Waals surface area contributed by atoms with E-state index < -0.39 is 0 Å². The van der Waals surface area contributed by atoms with Gasteiger partial charge < -0.3 is 14.8 Å². The number of carbonyl (C=O) groups excluding carboxylic acids is 1. The molecule has 1 atom stereocenters. The number of hydrogen-bond donors (Lipinski definition) is 1. The summed E-state index contributed by atoms with van der Waals surface area (Å²) in [5.74, 6) is 0.748. The van der Waals surface area contributed by atoms with Crippen molar-refractivity contribution in [3.05, 3.63) is 102 Å². The standard InChI is InChI=1S/C26H28N2O3/c29-26(23-13-11-22(12-14-23)20-31-24-9-5-2-6-10-24)27-17-25-19-28(15-16-30-25)18-21-7-3-1-4-8-21/h1-14,25H,15-20H2,(H,27,29). The Morgan fingerprint density at radius 2 is 1.65 bits per heavy atom. The number of carbonyl (C=O) groups is 1. The topological polar surface area (TPSA) is 50.8 Å². The minimum atomic E-state index is -0.0840. The number of hydrogen-bond acceptors (Lipinski definition) is 4. The van der Waals surface area contributed by atoms with Crippen LogP contribution >= 0.6 is 0 Å². The molecule has 1 unspecified atom stereocenters. The van der Waals surface area contributed by atoms with Crippen LogP contribution in [-0.2, 0) is 17.9 Å². The van der Waals surface area contributed by atoms with Crippen molar-refractivity contribution >= 4 is 5.91 Å². The first-order valence-electron chi connectivity index (χ1n) is 10.7. The lowest BCUT2D eigenvalue weighted by atomic mass is 10.1. The van der Waals surface area contributed by atoms with Gasteiger partial charge in [0.05, 0.1) is 12.7 Å². The number of morpholine rings is 1. The lowest BCUT2D eigenvalue weighted by molar-refractivity contribution is -0.0292. The molecular weight excluding hydrogens is 388 g/mol. The van der Waals surface area contributed by atoms with Crippen LogP contribution in [0.2, 0.25) is 0 Å². The van der Waals surface area contributed by atoms with Crippen molar-refractivity contribution in [1.82, 2.24) is 10.2 Å². The van der Waals surface area contributed by atoms with Gasteiger partial charge in [0.2, 0.25) is 0 Å². The second-order valence-corrected chi connectivity index (χ2v) is 7.72. The van der Waals surface area contributed by atoms with Crippen LogP contribution in [0.3, 0.4) is 0 Å². The smallest absolute Gasteiger partial charge is 0.251 e. The summed E-state index contributed by atoms with van der Waals surface area (Å²) in [6.07, 6.45) is -0.0000390. The van der Waals surface area contributed by atoms with Crippen molar-refractivity contribution in [2.24, 2.45) is 0 Å². The first-order valence-corrected chi connectivity index (χ1v) is 10.7. The van der Waals surface area contributed by atoms with Crippen LogP contribution in [-0.4, -0.2) is 43.2 Å². The Morgan fingerprint density at radius 1 is 0.935 bits per heavy atom. The molecule has 31 heavy (non-hydrogen) atoms. The van der Waals surface area contributed by atoms with E-state index in [0.29, 0.717) is 25.3 Å². The summed E-state index contributed by atoms with van der Waals surface area (Å²) in [6.45, 7) is 4.28. The highest BCUT2D eigenvalue weighted by atomic mass is 16.5. The summed E-state index contributed by atoms with van der Waals surface area (Å²) >= 11 is 0. The third-order valence-corrected chi connectivity index (χ3v) is 5.33. The molecule has 5 nitrogen and oxygen atoms in total. The molecule has 1 aliphatic rings. The van der Waals surface area contributed by atoms with E-state index in [9.17, 15) is 4.79 Å². The zero-order valence-electron chi connectivity index (χ0n) is 17.6. The Hall–Kier alpha value is -3.15. The van der Waals surface area contributed by atoms with E-state index in [1.807, 2.05) is 60.7 Å². The molecule has 0 saturated carbocycles. The number of ether oxygens (including phenoxy) is 2. The van der Waals surface area contributed by atoms with Gasteiger partial charge in [-0.25, -0.2) is 0 Å². The van der Waals surface area contributed by atoms with Gasteiger partial charge in [0.1, 0.15) is 12.4 Å². The summed E-state index contributed by atoms with van der Waals surface area (Å²) in [5.41, 5.74) is 2.96. The van der Waals surface area contributed by atoms with E-state index in [4.69, 9.17) is 9.47 Å². The predicted molar refractivity (Wildman–Crippen MR) is 121 cm³/mol. The molecule has 3 aromatic carbocycles. The molecule has 0 radical (unpaired) electrons. The lowest BCUT2D eigenvalue weighted by Gasteiger charge is -2.33. The molecule has 0 bridgehead atoms. The minimum absolute atomic E-state index is 0.0000390. The van der Waals surface area contributed by atoms with Gasteiger partial charge in [-0.2, -0.15) is 0 Å². The zero-order valence-corrected chi connectivity index (χ0v) is 17.6. The average Bonchev–Trinajstić information content (AvgIpc) is 2.83. The highest BCUT2D eigenvalue weighted by Gasteiger charge is 2.21. The maximum Gasteiger partial charge on any atom is 0.251 e. The first kappa shape index (κ1) is 21.1. The molecule has 1 heterocycles. The van der Waals surface area contributed by atoms with Gasteiger partial charge >= 0.3 is 0 Å². The maximum absolute atomic E-state index is 12.5. The Balaban J connectivity index is 1.22. The number of nitrogens with one attached hydrogen (secondary N) is 1. The fraction of sp³-hybridized carbons (Fsp3) is 0.269. The van der Waals surface area contributed by atoms with Crippen LogP contribution < -0.4 is 10.1 Å². The summed E-state index contributed by atoms with van der Waals surface area (Å²) in [4.78, 5) is 14.9. The van der Waals surface area contributed by atoms with Crippen molar-refractivity contribution in [1.29, 1.82) is 0 Å². The van der Waals surface area contributed by atoms with E-state index in [1.165, 1.54) is 5.56 Å². The van der Waals surface area contributed by atoms with Gasteiger partial charge in [0.25, 0.3) is 5.91 Å². The maximum atomic E-state index is 12.5. The molecule has 5 heteroatoms. The van der Waals surface area contributed by atoms with E-state index in [0.717, 1.165) is 30.9 Å². The second kappa shape index (κ2) is 10.8. The molecule has 1 N–H and O–H groups in total. The van der Waals surface area contributed by atoms with E-state index in [-0.39, 0.29) is 12.0 Å². The summed E-state index contributed by atoms with van der Waals surface area (Å²) in [7, 11) is 0. The van der Waals surface area contributed by atoms with E-state index in [2.05, 4.69) is 34.5 Å². The third-order valence-electron chi connectivity index (χ3n) is 5.33. The van der Waals surface area contributed by atoms with Crippen LogP contribution in [0.1, 0.15) is 21.5 Å². The Morgan fingerprint density at radius 3 is 2.39 bits per heavy atom. The monoisotopic (exact) mass is 416 g/mol. The molecular formula is C26H28N2O3. The Bertz CT molecular complexity index is 945.